The molecule has 2 N–H and O–H groups in total. The van der Waals surface area contributed by atoms with E-state index in [1.165, 1.54) is 0 Å². The molecule has 0 saturated carbocycles. The molecule has 88 valence electrons. The number of nitrogens with zero attached hydrogens (tertiary/aromatic N) is 1. The zero-order chi connectivity index (χ0) is 12.3. The van der Waals surface area contributed by atoms with E-state index in [1.54, 1.807) is 19.3 Å². The van der Waals surface area contributed by atoms with E-state index >= 15 is 0 Å². The number of carbonyl (C=O) groups is 1. The van der Waals surface area contributed by atoms with Gasteiger partial charge in [-0.1, -0.05) is 11.3 Å². The molecule has 0 fully saturated rings. The Kier molecular flexibility index (Phi) is 3.34. The summed E-state index contributed by atoms with van der Waals surface area (Å²) in [5.74, 6) is -0.234. The van der Waals surface area contributed by atoms with Crippen LogP contribution in [0.1, 0.15) is 20.9 Å². The molecule has 0 radical (unpaired) electrons. The van der Waals surface area contributed by atoms with Gasteiger partial charge in [0, 0.05) is 24.6 Å². The number of hydrogen-bond donors (Lipinski definition) is 2. The van der Waals surface area contributed by atoms with Crippen LogP contribution in [0.5, 0.6) is 0 Å². The smallest absolute Gasteiger partial charge is 0.305 e. The Bertz CT molecular complexity index is 574. The van der Waals surface area contributed by atoms with Crippen LogP contribution in [0, 0.1) is 6.92 Å². The van der Waals surface area contributed by atoms with E-state index in [0.717, 1.165) is 16.9 Å². The lowest BCUT2D eigenvalue weighted by Gasteiger charge is -2.03. The van der Waals surface area contributed by atoms with Crippen LogP contribution in [-0.2, 0) is 6.54 Å². The fourth-order valence-electron chi connectivity index (χ4n) is 1.38. The minimum atomic E-state index is -0.234. The second-order valence-electron chi connectivity index (χ2n) is 3.51. The summed E-state index contributed by atoms with van der Waals surface area (Å²) in [6.07, 6.45) is 3.34. The highest BCUT2D eigenvalue weighted by Crippen LogP contribution is 2.07. The number of nitrogens with one attached hydrogen (secondary N) is 2. The predicted octanol–water partition coefficient (Wildman–Crippen LogP) is 1.07. The van der Waals surface area contributed by atoms with Crippen molar-refractivity contribution in [3.63, 3.8) is 0 Å². The monoisotopic (exact) mass is 249 g/mol. The van der Waals surface area contributed by atoms with Crippen molar-refractivity contribution in [3.8, 4) is 0 Å². The first-order chi connectivity index (χ1) is 8.16. The molecule has 5 nitrogen and oxygen atoms in total. The fraction of sp³-hybridized carbons (Fsp3) is 0.182. The van der Waals surface area contributed by atoms with Gasteiger partial charge in [0.2, 0.25) is 0 Å². The van der Waals surface area contributed by atoms with Crippen molar-refractivity contribution in [1.82, 2.24) is 15.3 Å². The van der Waals surface area contributed by atoms with Gasteiger partial charge in [-0.3, -0.25) is 14.6 Å². The van der Waals surface area contributed by atoms with Gasteiger partial charge in [0.05, 0.1) is 0 Å². The Hall–Kier alpha value is -1.95. The van der Waals surface area contributed by atoms with E-state index < -0.39 is 0 Å². The van der Waals surface area contributed by atoms with Crippen molar-refractivity contribution < 1.29 is 4.79 Å². The summed E-state index contributed by atoms with van der Waals surface area (Å²) in [5.41, 5.74) is 1.57. The van der Waals surface area contributed by atoms with E-state index in [0.29, 0.717) is 17.1 Å². The summed E-state index contributed by atoms with van der Waals surface area (Å²) in [7, 11) is 0. The summed E-state index contributed by atoms with van der Waals surface area (Å²) in [6, 6.07) is 3.65. The topological polar surface area (TPSA) is 74.8 Å². The maximum atomic E-state index is 11.8. The third kappa shape index (κ3) is 2.79. The quantitative estimate of drug-likeness (QED) is 0.854. The Balaban J connectivity index is 2.03. The van der Waals surface area contributed by atoms with Crippen LogP contribution in [-0.4, -0.2) is 15.9 Å². The molecule has 0 aliphatic heterocycles. The number of aromatic amines is 1. The number of aromatic nitrogens is 2. The van der Waals surface area contributed by atoms with Gasteiger partial charge in [0.1, 0.15) is 4.88 Å². The lowest BCUT2D eigenvalue weighted by Crippen LogP contribution is -2.22. The zero-order valence-electron chi connectivity index (χ0n) is 9.19. The first-order valence-electron chi connectivity index (χ1n) is 5.03. The van der Waals surface area contributed by atoms with E-state index in [4.69, 9.17) is 0 Å². The number of carbonyl (C=O) groups excluding carboxylic acids is 1. The molecule has 2 aromatic rings. The molecular weight excluding hydrogens is 238 g/mol. The number of hydrogen-bond acceptors (Lipinski definition) is 4. The number of rotatable bonds is 3. The lowest BCUT2D eigenvalue weighted by molar-refractivity contribution is 0.0954. The molecule has 2 rings (SSSR count). The molecule has 0 atom stereocenters. The summed E-state index contributed by atoms with van der Waals surface area (Å²) >= 11 is 0.922. The first-order valence-corrected chi connectivity index (χ1v) is 5.85. The minimum Gasteiger partial charge on any atom is -0.347 e. The Morgan fingerprint density at radius 3 is 2.76 bits per heavy atom. The third-order valence-electron chi connectivity index (χ3n) is 2.23. The lowest BCUT2D eigenvalue weighted by atomic mass is 10.2. The highest BCUT2D eigenvalue weighted by atomic mass is 32.1. The average Bonchev–Trinajstić information content (AvgIpc) is 2.67. The van der Waals surface area contributed by atoms with Crippen LogP contribution in [0.3, 0.4) is 0 Å². The van der Waals surface area contributed by atoms with Crippen molar-refractivity contribution >= 4 is 17.2 Å². The van der Waals surface area contributed by atoms with Gasteiger partial charge in [-0.15, -0.1) is 0 Å². The fourth-order valence-corrected chi connectivity index (χ4v) is 2.14. The maximum Gasteiger partial charge on any atom is 0.305 e. The molecule has 1 amide bonds. The van der Waals surface area contributed by atoms with Gasteiger partial charge >= 0.3 is 4.87 Å². The largest absolute Gasteiger partial charge is 0.347 e. The maximum absolute atomic E-state index is 11.8. The molecule has 6 heteroatoms. The van der Waals surface area contributed by atoms with E-state index in [1.807, 2.05) is 12.1 Å². The van der Waals surface area contributed by atoms with Crippen molar-refractivity contribution in [2.45, 2.75) is 13.5 Å². The first kappa shape index (κ1) is 11.5. The van der Waals surface area contributed by atoms with Crippen LogP contribution < -0.4 is 10.2 Å². The van der Waals surface area contributed by atoms with Crippen molar-refractivity contribution in [1.29, 1.82) is 0 Å². The van der Waals surface area contributed by atoms with Gasteiger partial charge < -0.3 is 10.3 Å². The minimum absolute atomic E-state index is 0.212. The Morgan fingerprint density at radius 1 is 1.47 bits per heavy atom. The molecule has 0 aliphatic rings. The van der Waals surface area contributed by atoms with Crippen LogP contribution in [0.2, 0.25) is 0 Å². The second kappa shape index (κ2) is 4.92. The van der Waals surface area contributed by atoms with Crippen molar-refractivity contribution in [2.75, 3.05) is 0 Å². The van der Waals surface area contributed by atoms with Crippen LogP contribution in [0.25, 0.3) is 0 Å². The van der Waals surface area contributed by atoms with Gasteiger partial charge in [0.25, 0.3) is 5.91 Å². The molecular formula is C11H11N3O2S. The highest BCUT2D eigenvalue weighted by molar-refractivity contribution is 7.11. The summed E-state index contributed by atoms with van der Waals surface area (Å²) in [5, 5.41) is 2.75. The summed E-state index contributed by atoms with van der Waals surface area (Å²) in [6.45, 7) is 2.13. The summed E-state index contributed by atoms with van der Waals surface area (Å²) in [4.78, 5) is 29.5. The summed E-state index contributed by atoms with van der Waals surface area (Å²) < 4.78 is 0. The van der Waals surface area contributed by atoms with Crippen LogP contribution in [0.15, 0.2) is 29.3 Å². The van der Waals surface area contributed by atoms with E-state index in [9.17, 15) is 9.59 Å². The molecule has 0 aromatic carbocycles. The highest BCUT2D eigenvalue weighted by Gasteiger charge is 2.12. The normalized spacial score (nSPS) is 10.2. The third-order valence-corrected chi connectivity index (χ3v) is 3.22. The number of amides is 1. The molecule has 0 spiro atoms. The van der Waals surface area contributed by atoms with Crippen LogP contribution in [0.4, 0.5) is 0 Å². The molecule has 17 heavy (non-hydrogen) atoms. The standard InChI is InChI=1S/C11H11N3O2S/c1-7-9(17-11(16)14-7)10(15)13-6-8-2-4-12-5-3-8/h2-5H,6H2,1H3,(H,13,15)(H,14,16). The molecule has 0 bridgehead atoms. The number of H-pyrrole nitrogens is 1. The average molecular weight is 249 g/mol. The van der Waals surface area contributed by atoms with E-state index in [-0.39, 0.29) is 10.8 Å². The number of pyridine rings is 1. The van der Waals surface area contributed by atoms with E-state index in [2.05, 4.69) is 15.3 Å². The second-order valence-corrected chi connectivity index (χ2v) is 4.49. The van der Waals surface area contributed by atoms with Crippen molar-refractivity contribution in [2.24, 2.45) is 0 Å². The Morgan fingerprint density at radius 2 is 2.18 bits per heavy atom. The van der Waals surface area contributed by atoms with Gasteiger partial charge in [-0.2, -0.15) is 0 Å². The molecule has 0 aliphatic carbocycles. The number of aryl methyl sites for hydroxylation is 1. The molecule has 2 aromatic heterocycles. The SMILES string of the molecule is Cc1[nH]c(=O)sc1C(=O)NCc1ccncc1. The van der Waals surface area contributed by atoms with Crippen LogP contribution >= 0.6 is 11.3 Å². The van der Waals surface area contributed by atoms with Gasteiger partial charge in [-0.25, -0.2) is 0 Å². The van der Waals surface area contributed by atoms with Gasteiger partial charge in [0.15, 0.2) is 0 Å². The molecule has 2 heterocycles. The Labute approximate surface area is 102 Å². The number of thiazole rings is 1. The van der Waals surface area contributed by atoms with Gasteiger partial charge in [-0.05, 0) is 24.6 Å². The van der Waals surface area contributed by atoms with Crippen molar-refractivity contribution in [3.05, 3.63) is 50.3 Å². The molecule has 0 saturated heterocycles. The predicted molar refractivity (Wildman–Crippen MR) is 65.1 cm³/mol. The zero-order valence-corrected chi connectivity index (χ0v) is 10.0. The molecule has 0 unspecified atom stereocenters.